The van der Waals surface area contributed by atoms with Crippen LogP contribution in [-0.4, -0.2) is 26.0 Å². The Kier molecular flexibility index (Phi) is 4.30. The monoisotopic (exact) mass is 272 g/mol. The maximum atomic E-state index is 10.8. The average Bonchev–Trinajstić information content (AvgIpc) is 2.26. The Morgan fingerprint density at radius 3 is 2.87 bits per heavy atom. The molecule has 0 fully saturated rings. The minimum absolute atomic E-state index is 0.222. The molecule has 4 nitrogen and oxygen atoms in total. The first-order chi connectivity index (χ1) is 7.19. The predicted molar refractivity (Wildman–Crippen MR) is 57.0 cm³/mol. The van der Waals surface area contributed by atoms with E-state index in [-0.39, 0.29) is 6.61 Å². The van der Waals surface area contributed by atoms with Crippen LogP contribution in [0.4, 0.5) is 0 Å². The molecule has 0 saturated heterocycles. The van der Waals surface area contributed by atoms with E-state index in [1.807, 2.05) is 0 Å². The molecule has 0 unspecified atom stereocenters. The third-order valence-electron chi connectivity index (χ3n) is 1.69. The number of methoxy groups -OCH3 is 1. The second-order valence-electron chi connectivity index (χ2n) is 2.64. The molecule has 1 aromatic carbocycles. The second kappa shape index (κ2) is 5.50. The van der Waals surface area contributed by atoms with E-state index in [2.05, 4.69) is 20.7 Å². The molecule has 0 aliphatic carbocycles. The lowest BCUT2D eigenvalue weighted by Gasteiger charge is -2.08. The Labute approximate surface area is 95.3 Å². The summed E-state index contributed by atoms with van der Waals surface area (Å²) in [5.41, 5.74) is 0.383. The Morgan fingerprint density at radius 2 is 2.27 bits per heavy atom. The number of para-hydroxylation sites is 1. The summed E-state index contributed by atoms with van der Waals surface area (Å²) in [5, 5.41) is 0. The highest BCUT2D eigenvalue weighted by Crippen LogP contribution is 2.27. The molecule has 80 valence electrons. The number of benzene rings is 1. The Morgan fingerprint density at radius 1 is 1.53 bits per heavy atom. The fourth-order valence-electron chi connectivity index (χ4n) is 0.961. The topological polar surface area (TPSA) is 52.6 Å². The number of carbonyl (C=O) groups excluding carboxylic acids is 2. The van der Waals surface area contributed by atoms with Gasteiger partial charge in [-0.2, -0.15) is 0 Å². The van der Waals surface area contributed by atoms with Crippen molar-refractivity contribution in [2.45, 2.75) is 0 Å². The SMILES string of the molecule is COC(=O)COc1c(Br)cccc1C=O. The molecule has 0 bridgehead atoms. The summed E-state index contributed by atoms with van der Waals surface area (Å²) in [6.07, 6.45) is 0.664. The van der Waals surface area contributed by atoms with Gasteiger partial charge in [0.1, 0.15) is 5.75 Å². The van der Waals surface area contributed by atoms with Gasteiger partial charge in [-0.3, -0.25) is 4.79 Å². The van der Waals surface area contributed by atoms with Gasteiger partial charge in [-0.15, -0.1) is 0 Å². The van der Waals surface area contributed by atoms with Gasteiger partial charge in [0.05, 0.1) is 17.1 Å². The average molecular weight is 273 g/mol. The van der Waals surface area contributed by atoms with Crippen LogP contribution < -0.4 is 4.74 Å². The highest BCUT2D eigenvalue weighted by Gasteiger charge is 2.09. The van der Waals surface area contributed by atoms with Gasteiger partial charge in [0, 0.05) is 0 Å². The summed E-state index contributed by atoms with van der Waals surface area (Å²) in [6.45, 7) is -0.222. The fourth-order valence-corrected chi connectivity index (χ4v) is 1.46. The van der Waals surface area contributed by atoms with Crippen LogP contribution in [0.25, 0.3) is 0 Å². The summed E-state index contributed by atoms with van der Waals surface area (Å²) in [6, 6.07) is 5.03. The lowest BCUT2D eigenvalue weighted by Crippen LogP contribution is -2.13. The van der Waals surface area contributed by atoms with Crippen molar-refractivity contribution in [1.82, 2.24) is 0 Å². The van der Waals surface area contributed by atoms with Crippen molar-refractivity contribution in [1.29, 1.82) is 0 Å². The Balaban J connectivity index is 2.83. The van der Waals surface area contributed by atoms with Crippen molar-refractivity contribution < 1.29 is 19.1 Å². The molecule has 1 aromatic rings. The Bertz CT molecular complexity index is 376. The molecule has 0 aliphatic rings. The molecular formula is C10H9BrO4. The van der Waals surface area contributed by atoms with Gasteiger partial charge in [0.15, 0.2) is 12.9 Å². The van der Waals surface area contributed by atoms with Crippen LogP contribution in [0.5, 0.6) is 5.75 Å². The predicted octanol–water partition coefficient (Wildman–Crippen LogP) is 1.81. The number of carbonyl (C=O) groups is 2. The molecular weight excluding hydrogens is 264 g/mol. The van der Waals surface area contributed by atoms with Crippen molar-refractivity contribution in [3.8, 4) is 5.75 Å². The lowest BCUT2D eigenvalue weighted by molar-refractivity contribution is -0.142. The first-order valence-corrected chi connectivity index (χ1v) is 4.91. The van der Waals surface area contributed by atoms with Crippen molar-refractivity contribution >= 4 is 28.2 Å². The van der Waals surface area contributed by atoms with Crippen molar-refractivity contribution in [3.05, 3.63) is 28.2 Å². The van der Waals surface area contributed by atoms with Gasteiger partial charge < -0.3 is 9.47 Å². The van der Waals surface area contributed by atoms with Crippen LogP contribution in [0, 0.1) is 0 Å². The van der Waals surface area contributed by atoms with E-state index in [1.54, 1.807) is 18.2 Å². The minimum Gasteiger partial charge on any atom is -0.480 e. The lowest BCUT2D eigenvalue weighted by atomic mass is 10.2. The zero-order valence-corrected chi connectivity index (χ0v) is 9.61. The van der Waals surface area contributed by atoms with E-state index in [4.69, 9.17) is 4.74 Å². The molecule has 0 atom stereocenters. The van der Waals surface area contributed by atoms with Gasteiger partial charge in [0.25, 0.3) is 0 Å². The molecule has 0 N–H and O–H groups in total. The van der Waals surface area contributed by atoms with E-state index < -0.39 is 5.97 Å². The molecule has 5 heteroatoms. The molecule has 0 aliphatic heterocycles. The first kappa shape index (κ1) is 11.7. The number of ether oxygens (including phenoxy) is 2. The van der Waals surface area contributed by atoms with E-state index in [0.29, 0.717) is 22.1 Å². The Hall–Kier alpha value is -1.36. The van der Waals surface area contributed by atoms with Crippen LogP contribution in [-0.2, 0) is 9.53 Å². The van der Waals surface area contributed by atoms with E-state index in [1.165, 1.54) is 7.11 Å². The molecule has 1 rings (SSSR count). The van der Waals surface area contributed by atoms with Gasteiger partial charge in [-0.25, -0.2) is 4.79 Å². The first-order valence-electron chi connectivity index (χ1n) is 4.12. The minimum atomic E-state index is -0.498. The van der Waals surface area contributed by atoms with Crippen molar-refractivity contribution in [3.63, 3.8) is 0 Å². The molecule has 0 heterocycles. The largest absolute Gasteiger partial charge is 0.480 e. The van der Waals surface area contributed by atoms with Crippen LogP contribution >= 0.6 is 15.9 Å². The third-order valence-corrected chi connectivity index (χ3v) is 2.31. The maximum absolute atomic E-state index is 10.8. The molecule has 0 amide bonds. The number of rotatable bonds is 4. The summed E-state index contributed by atoms with van der Waals surface area (Å²) in [5.74, 6) is -0.152. The van der Waals surface area contributed by atoms with Crippen LogP contribution in [0.1, 0.15) is 10.4 Å². The molecule has 15 heavy (non-hydrogen) atoms. The fraction of sp³-hybridized carbons (Fsp3) is 0.200. The van der Waals surface area contributed by atoms with Crippen LogP contribution in [0.15, 0.2) is 22.7 Å². The molecule has 0 radical (unpaired) electrons. The van der Waals surface area contributed by atoms with Gasteiger partial charge >= 0.3 is 5.97 Å². The number of hydrogen-bond donors (Lipinski definition) is 0. The zero-order chi connectivity index (χ0) is 11.3. The highest BCUT2D eigenvalue weighted by atomic mass is 79.9. The normalized spacial score (nSPS) is 9.47. The van der Waals surface area contributed by atoms with Gasteiger partial charge in [0.2, 0.25) is 0 Å². The molecule has 0 saturated carbocycles. The number of aldehydes is 1. The number of hydrogen-bond acceptors (Lipinski definition) is 4. The number of halogens is 1. The van der Waals surface area contributed by atoms with Crippen LogP contribution in [0.2, 0.25) is 0 Å². The third kappa shape index (κ3) is 3.06. The van der Waals surface area contributed by atoms with E-state index in [9.17, 15) is 9.59 Å². The maximum Gasteiger partial charge on any atom is 0.343 e. The zero-order valence-electron chi connectivity index (χ0n) is 8.03. The quantitative estimate of drug-likeness (QED) is 0.620. The summed E-state index contributed by atoms with van der Waals surface area (Å²) < 4.78 is 10.2. The number of esters is 1. The van der Waals surface area contributed by atoms with Crippen molar-refractivity contribution in [2.24, 2.45) is 0 Å². The van der Waals surface area contributed by atoms with E-state index >= 15 is 0 Å². The summed E-state index contributed by atoms with van der Waals surface area (Å²) >= 11 is 3.22. The van der Waals surface area contributed by atoms with Crippen LogP contribution in [0.3, 0.4) is 0 Å². The summed E-state index contributed by atoms with van der Waals surface area (Å²) in [4.78, 5) is 21.5. The highest BCUT2D eigenvalue weighted by molar-refractivity contribution is 9.10. The molecule has 0 spiro atoms. The second-order valence-corrected chi connectivity index (χ2v) is 3.50. The smallest absolute Gasteiger partial charge is 0.343 e. The van der Waals surface area contributed by atoms with E-state index in [0.717, 1.165) is 0 Å². The standard InChI is InChI=1S/C10H9BrO4/c1-14-9(13)6-15-10-7(5-12)3-2-4-8(10)11/h2-5H,6H2,1H3. The molecule has 0 aromatic heterocycles. The van der Waals surface area contributed by atoms with Crippen molar-refractivity contribution in [2.75, 3.05) is 13.7 Å². The summed E-state index contributed by atoms with van der Waals surface area (Å²) in [7, 11) is 1.27. The van der Waals surface area contributed by atoms with Gasteiger partial charge in [-0.1, -0.05) is 6.07 Å². The van der Waals surface area contributed by atoms with Gasteiger partial charge in [-0.05, 0) is 28.1 Å².